The Labute approximate surface area is 125 Å². The number of methoxy groups -OCH3 is 1. The van der Waals surface area contributed by atoms with E-state index in [1.165, 1.54) is 10.4 Å². The van der Waals surface area contributed by atoms with Crippen molar-refractivity contribution in [3.8, 4) is 5.75 Å². The fourth-order valence-electron chi connectivity index (χ4n) is 2.29. The lowest BCUT2D eigenvalue weighted by atomic mass is 9.91. The third kappa shape index (κ3) is 3.41. The molecule has 1 aromatic heterocycles. The summed E-state index contributed by atoms with van der Waals surface area (Å²) in [6.07, 6.45) is 0. The third-order valence-electron chi connectivity index (χ3n) is 3.64. The predicted octanol–water partition coefficient (Wildman–Crippen LogP) is 4.39. The molecule has 2 rings (SSSR count). The van der Waals surface area contributed by atoms with E-state index in [0.29, 0.717) is 0 Å². The average molecular weight is 289 g/mol. The number of nitrogens with one attached hydrogen (secondary N) is 1. The number of ether oxygens (including phenoxy) is 1. The van der Waals surface area contributed by atoms with E-state index in [9.17, 15) is 0 Å². The highest BCUT2D eigenvalue weighted by molar-refractivity contribution is 7.10. The number of rotatable bonds is 6. The van der Waals surface area contributed by atoms with Gasteiger partial charge in [0.1, 0.15) is 5.75 Å². The predicted molar refractivity (Wildman–Crippen MR) is 86.8 cm³/mol. The zero-order valence-corrected chi connectivity index (χ0v) is 13.5. The van der Waals surface area contributed by atoms with E-state index in [-0.39, 0.29) is 11.5 Å². The molecule has 0 amide bonds. The number of hydrogen-bond donors (Lipinski definition) is 1. The summed E-state index contributed by atoms with van der Waals surface area (Å²) in [6.45, 7) is 7.68. The van der Waals surface area contributed by atoms with Crippen LogP contribution in [-0.4, -0.2) is 13.7 Å². The van der Waals surface area contributed by atoms with E-state index >= 15 is 0 Å². The van der Waals surface area contributed by atoms with Gasteiger partial charge in [-0.3, -0.25) is 0 Å². The second-order valence-corrected chi connectivity index (χ2v) is 6.65. The lowest BCUT2D eigenvalue weighted by molar-refractivity contribution is 0.393. The Hall–Kier alpha value is -1.32. The standard InChI is InChI=1S/C17H23NOS/c1-13(14-8-5-6-9-15(14)19-4)18-12-17(2,3)16-10-7-11-20-16/h5-11,13,18H,12H2,1-4H3. The molecule has 1 aromatic carbocycles. The Morgan fingerprint density at radius 3 is 2.60 bits per heavy atom. The maximum Gasteiger partial charge on any atom is 0.123 e. The second-order valence-electron chi connectivity index (χ2n) is 5.71. The van der Waals surface area contributed by atoms with Crippen molar-refractivity contribution >= 4 is 11.3 Å². The minimum Gasteiger partial charge on any atom is -0.496 e. The molecule has 108 valence electrons. The van der Waals surface area contributed by atoms with Gasteiger partial charge in [-0.1, -0.05) is 38.1 Å². The number of para-hydroxylation sites is 1. The third-order valence-corrected chi connectivity index (χ3v) is 4.88. The molecule has 1 heterocycles. The van der Waals surface area contributed by atoms with Gasteiger partial charge >= 0.3 is 0 Å². The summed E-state index contributed by atoms with van der Waals surface area (Å²) in [6, 6.07) is 12.8. The van der Waals surface area contributed by atoms with E-state index in [4.69, 9.17) is 4.74 Å². The maximum atomic E-state index is 5.43. The molecule has 1 N–H and O–H groups in total. The van der Waals surface area contributed by atoms with Gasteiger partial charge in [-0.15, -0.1) is 11.3 Å². The topological polar surface area (TPSA) is 21.3 Å². The molecule has 0 saturated carbocycles. The molecular weight excluding hydrogens is 266 g/mol. The minimum atomic E-state index is 0.143. The van der Waals surface area contributed by atoms with E-state index in [0.717, 1.165) is 12.3 Å². The molecule has 20 heavy (non-hydrogen) atoms. The lowest BCUT2D eigenvalue weighted by Crippen LogP contribution is -2.34. The first-order chi connectivity index (χ1) is 9.54. The Balaban J connectivity index is 2.03. The molecule has 1 unspecified atom stereocenters. The summed E-state index contributed by atoms with van der Waals surface area (Å²) in [7, 11) is 1.72. The largest absolute Gasteiger partial charge is 0.496 e. The lowest BCUT2D eigenvalue weighted by Gasteiger charge is -2.27. The molecule has 2 aromatic rings. The Morgan fingerprint density at radius 2 is 1.95 bits per heavy atom. The number of thiophene rings is 1. The summed E-state index contributed by atoms with van der Waals surface area (Å²) >= 11 is 1.82. The molecule has 0 radical (unpaired) electrons. The van der Waals surface area contributed by atoms with Crippen molar-refractivity contribution in [2.75, 3.05) is 13.7 Å². The van der Waals surface area contributed by atoms with Crippen molar-refractivity contribution in [1.82, 2.24) is 5.32 Å². The van der Waals surface area contributed by atoms with Crippen LogP contribution in [0.5, 0.6) is 5.75 Å². The fraction of sp³-hybridized carbons (Fsp3) is 0.412. The fourth-order valence-corrected chi connectivity index (χ4v) is 3.15. The summed E-state index contributed by atoms with van der Waals surface area (Å²) < 4.78 is 5.43. The summed E-state index contributed by atoms with van der Waals surface area (Å²) in [5, 5.41) is 5.77. The zero-order chi connectivity index (χ0) is 14.6. The van der Waals surface area contributed by atoms with Gasteiger partial charge in [0.2, 0.25) is 0 Å². The minimum absolute atomic E-state index is 0.143. The van der Waals surface area contributed by atoms with Gasteiger partial charge in [-0.25, -0.2) is 0 Å². The smallest absolute Gasteiger partial charge is 0.123 e. The van der Waals surface area contributed by atoms with Crippen LogP contribution in [0.15, 0.2) is 41.8 Å². The van der Waals surface area contributed by atoms with Gasteiger partial charge in [-0.05, 0) is 24.4 Å². The second kappa shape index (κ2) is 6.42. The van der Waals surface area contributed by atoms with Gasteiger partial charge in [0.15, 0.2) is 0 Å². The Morgan fingerprint density at radius 1 is 1.20 bits per heavy atom. The van der Waals surface area contributed by atoms with Crippen LogP contribution in [0.2, 0.25) is 0 Å². The highest BCUT2D eigenvalue weighted by Crippen LogP contribution is 2.29. The van der Waals surface area contributed by atoms with Crippen molar-refractivity contribution in [3.63, 3.8) is 0 Å². The van der Waals surface area contributed by atoms with Crippen molar-refractivity contribution in [1.29, 1.82) is 0 Å². The average Bonchev–Trinajstić information content (AvgIpc) is 3.00. The molecular formula is C17H23NOS. The molecule has 0 bridgehead atoms. The quantitative estimate of drug-likeness (QED) is 0.852. The van der Waals surface area contributed by atoms with E-state index in [2.05, 4.69) is 55.7 Å². The molecule has 0 aliphatic carbocycles. The van der Waals surface area contributed by atoms with Gasteiger partial charge in [0.25, 0.3) is 0 Å². The first-order valence-electron chi connectivity index (χ1n) is 6.95. The SMILES string of the molecule is COc1ccccc1C(C)NCC(C)(C)c1cccs1. The molecule has 0 aliphatic rings. The van der Waals surface area contributed by atoms with Crippen LogP contribution in [0.4, 0.5) is 0 Å². The van der Waals surface area contributed by atoms with Gasteiger partial charge in [-0.2, -0.15) is 0 Å². The van der Waals surface area contributed by atoms with Crippen LogP contribution >= 0.6 is 11.3 Å². The first kappa shape index (κ1) is 15.1. The van der Waals surface area contributed by atoms with Gasteiger partial charge in [0.05, 0.1) is 7.11 Å². The van der Waals surface area contributed by atoms with Crippen LogP contribution in [0.25, 0.3) is 0 Å². The molecule has 2 nitrogen and oxygen atoms in total. The molecule has 1 atom stereocenters. The zero-order valence-electron chi connectivity index (χ0n) is 12.6. The van der Waals surface area contributed by atoms with Gasteiger partial charge in [0, 0.05) is 28.4 Å². The molecule has 0 fully saturated rings. The van der Waals surface area contributed by atoms with Crippen molar-refractivity contribution < 1.29 is 4.74 Å². The van der Waals surface area contributed by atoms with E-state index < -0.39 is 0 Å². The van der Waals surface area contributed by atoms with Crippen molar-refractivity contribution in [2.45, 2.75) is 32.2 Å². The van der Waals surface area contributed by atoms with Crippen LogP contribution in [0.3, 0.4) is 0 Å². The van der Waals surface area contributed by atoms with Crippen LogP contribution in [0, 0.1) is 0 Å². The van der Waals surface area contributed by atoms with Crippen LogP contribution in [0.1, 0.15) is 37.3 Å². The maximum absolute atomic E-state index is 5.43. The molecule has 0 saturated heterocycles. The summed E-state index contributed by atoms with van der Waals surface area (Å²) in [5.41, 5.74) is 1.35. The molecule has 3 heteroatoms. The normalized spacial score (nSPS) is 13.2. The monoisotopic (exact) mass is 289 g/mol. The van der Waals surface area contributed by atoms with E-state index in [1.807, 2.05) is 23.5 Å². The number of benzene rings is 1. The van der Waals surface area contributed by atoms with Crippen molar-refractivity contribution in [2.24, 2.45) is 0 Å². The summed E-state index contributed by atoms with van der Waals surface area (Å²) in [4.78, 5) is 1.41. The number of hydrogen-bond acceptors (Lipinski definition) is 3. The van der Waals surface area contributed by atoms with Crippen molar-refractivity contribution in [3.05, 3.63) is 52.2 Å². The van der Waals surface area contributed by atoms with Crippen LogP contribution < -0.4 is 10.1 Å². The Kier molecular flexibility index (Phi) is 4.84. The summed E-state index contributed by atoms with van der Waals surface area (Å²) in [5.74, 6) is 0.946. The highest BCUT2D eigenvalue weighted by atomic mass is 32.1. The first-order valence-corrected chi connectivity index (χ1v) is 7.83. The van der Waals surface area contributed by atoms with Crippen LogP contribution in [-0.2, 0) is 5.41 Å². The van der Waals surface area contributed by atoms with E-state index in [1.54, 1.807) is 7.11 Å². The Bertz CT molecular complexity index is 534. The molecule has 0 spiro atoms. The molecule has 0 aliphatic heterocycles. The van der Waals surface area contributed by atoms with Gasteiger partial charge < -0.3 is 10.1 Å². The highest BCUT2D eigenvalue weighted by Gasteiger charge is 2.22.